The largest absolute Gasteiger partial charge is 0.416 e. The van der Waals surface area contributed by atoms with Gasteiger partial charge in [0.1, 0.15) is 0 Å². The van der Waals surface area contributed by atoms with Crippen LogP contribution in [-0.4, -0.2) is 42.0 Å². The van der Waals surface area contributed by atoms with Crippen LogP contribution in [0.25, 0.3) is 0 Å². The molecule has 2 aliphatic rings. The zero-order chi connectivity index (χ0) is 22.9. The fourth-order valence-electron chi connectivity index (χ4n) is 4.49. The predicted octanol–water partition coefficient (Wildman–Crippen LogP) is 6.12. The van der Waals surface area contributed by atoms with E-state index in [1.807, 2.05) is 24.3 Å². The second-order valence-corrected chi connectivity index (χ2v) is 9.17. The molecule has 9 heteroatoms. The van der Waals surface area contributed by atoms with Crippen molar-refractivity contribution in [3.05, 3.63) is 65.2 Å². The third-order valence-electron chi connectivity index (χ3n) is 6.55. The van der Waals surface area contributed by atoms with Gasteiger partial charge in [0.15, 0.2) is 0 Å². The van der Waals surface area contributed by atoms with Crippen LogP contribution in [-0.2, 0) is 6.18 Å². The first-order valence-electron chi connectivity index (χ1n) is 11.3. The maximum Gasteiger partial charge on any atom is 0.416 e. The number of carbonyl (C=O) groups is 1. The molecule has 2 atom stereocenters. The molecule has 2 unspecified atom stereocenters. The summed E-state index contributed by atoms with van der Waals surface area (Å²) in [6.45, 7) is 6.78. The maximum atomic E-state index is 12.9. The van der Waals surface area contributed by atoms with Gasteiger partial charge in [-0.05, 0) is 82.1 Å². The zero-order valence-electron chi connectivity index (χ0n) is 19.3. The van der Waals surface area contributed by atoms with Crippen LogP contribution in [0.4, 0.5) is 18.9 Å². The number of hydrogen-bond acceptors (Lipinski definition) is 3. The van der Waals surface area contributed by atoms with E-state index >= 15 is 0 Å². The Hall–Kier alpha value is -1.80. The van der Waals surface area contributed by atoms with E-state index in [1.165, 1.54) is 30.5 Å². The molecule has 1 amide bonds. The highest BCUT2D eigenvalue weighted by Gasteiger charge is 2.39. The number of nitrogens with one attached hydrogen (secondary N) is 2. The number of nitrogens with zero attached hydrogens (tertiary/aromatic N) is 1. The third-order valence-corrected chi connectivity index (χ3v) is 6.55. The van der Waals surface area contributed by atoms with E-state index in [1.54, 1.807) is 0 Å². The van der Waals surface area contributed by atoms with E-state index in [4.69, 9.17) is 0 Å². The van der Waals surface area contributed by atoms with Gasteiger partial charge in [0.2, 0.25) is 0 Å². The lowest BCUT2D eigenvalue weighted by Gasteiger charge is -2.35. The highest BCUT2D eigenvalue weighted by atomic mass is 35.5. The van der Waals surface area contributed by atoms with Crippen molar-refractivity contribution >= 4 is 36.4 Å². The molecule has 0 spiro atoms. The van der Waals surface area contributed by atoms with Crippen LogP contribution in [0.3, 0.4) is 0 Å². The predicted molar refractivity (Wildman–Crippen MR) is 134 cm³/mol. The van der Waals surface area contributed by atoms with Gasteiger partial charge in [-0.15, -0.1) is 24.8 Å². The summed E-state index contributed by atoms with van der Waals surface area (Å²) >= 11 is 0. The van der Waals surface area contributed by atoms with Gasteiger partial charge in [-0.3, -0.25) is 4.79 Å². The van der Waals surface area contributed by atoms with Gasteiger partial charge in [-0.25, -0.2) is 0 Å². The molecule has 34 heavy (non-hydrogen) atoms. The summed E-state index contributed by atoms with van der Waals surface area (Å²) < 4.78 is 38.6. The summed E-state index contributed by atoms with van der Waals surface area (Å²) in [6.07, 6.45) is -0.998. The SMILES string of the molecule is CC(C)N1CCC(NC2CC2c2ccc(NC(=O)c3cccc(C(F)(F)F)c3)cc2)CC1.Cl.Cl. The molecule has 2 aromatic carbocycles. The van der Waals surface area contributed by atoms with Crippen LogP contribution in [0.15, 0.2) is 48.5 Å². The zero-order valence-corrected chi connectivity index (χ0v) is 20.9. The Bertz CT molecular complexity index is 945. The highest BCUT2D eigenvalue weighted by Crippen LogP contribution is 2.42. The number of likely N-dealkylation sites (tertiary alicyclic amines) is 1. The molecule has 0 radical (unpaired) electrons. The van der Waals surface area contributed by atoms with Gasteiger partial charge in [0.05, 0.1) is 5.56 Å². The summed E-state index contributed by atoms with van der Waals surface area (Å²) in [6, 6.07) is 13.8. The van der Waals surface area contributed by atoms with E-state index in [0.717, 1.165) is 31.6 Å². The van der Waals surface area contributed by atoms with Gasteiger partial charge in [0, 0.05) is 35.3 Å². The molecule has 1 aliphatic carbocycles. The Morgan fingerprint density at radius 2 is 1.68 bits per heavy atom. The lowest BCUT2D eigenvalue weighted by Crippen LogP contribution is -2.45. The number of alkyl halides is 3. The minimum atomic E-state index is -4.47. The first-order chi connectivity index (χ1) is 15.2. The Morgan fingerprint density at radius 1 is 1.03 bits per heavy atom. The Labute approximate surface area is 211 Å². The molecule has 2 fully saturated rings. The molecule has 2 aromatic rings. The summed E-state index contributed by atoms with van der Waals surface area (Å²) in [5.41, 5.74) is 0.947. The summed E-state index contributed by atoms with van der Waals surface area (Å²) in [7, 11) is 0. The van der Waals surface area contributed by atoms with E-state index in [0.29, 0.717) is 29.7 Å². The van der Waals surface area contributed by atoms with Crippen molar-refractivity contribution in [2.75, 3.05) is 18.4 Å². The lowest BCUT2D eigenvalue weighted by molar-refractivity contribution is -0.137. The molecule has 2 N–H and O–H groups in total. The number of hydrogen-bond donors (Lipinski definition) is 2. The standard InChI is InChI=1S/C25H30F3N3O.2ClH/c1-16(2)31-12-10-21(11-13-31)29-23-15-22(23)17-6-8-20(9-7-17)30-24(32)18-4-3-5-19(14-18)25(26,27)28;;/h3-9,14,16,21-23,29H,10-13,15H2,1-2H3,(H,30,32);2*1H. The Kier molecular flexibility index (Phi) is 9.83. The van der Waals surface area contributed by atoms with Gasteiger partial charge in [-0.2, -0.15) is 13.2 Å². The summed E-state index contributed by atoms with van der Waals surface area (Å²) in [5, 5.41) is 6.49. The maximum absolute atomic E-state index is 12.9. The number of piperidine rings is 1. The molecular formula is C25H32Cl2F3N3O. The number of anilines is 1. The second-order valence-electron chi connectivity index (χ2n) is 9.17. The van der Waals surface area contributed by atoms with Crippen LogP contribution in [0.2, 0.25) is 0 Å². The lowest BCUT2D eigenvalue weighted by atomic mass is 10.0. The van der Waals surface area contributed by atoms with Crippen LogP contribution < -0.4 is 10.6 Å². The fraction of sp³-hybridized carbons (Fsp3) is 0.480. The van der Waals surface area contributed by atoms with Crippen molar-refractivity contribution in [2.45, 2.75) is 63.3 Å². The molecule has 4 nitrogen and oxygen atoms in total. The first kappa shape index (κ1) is 28.4. The van der Waals surface area contributed by atoms with Crippen LogP contribution in [0, 0.1) is 0 Å². The van der Waals surface area contributed by atoms with Gasteiger partial charge < -0.3 is 15.5 Å². The van der Waals surface area contributed by atoms with E-state index in [9.17, 15) is 18.0 Å². The normalized spacial score (nSPS) is 20.9. The summed E-state index contributed by atoms with van der Waals surface area (Å²) in [4.78, 5) is 14.9. The van der Waals surface area contributed by atoms with Crippen molar-refractivity contribution in [2.24, 2.45) is 0 Å². The molecule has 0 bridgehead atoms. The number of benzene rings is 2. The van der Waals surface area contributed by atoms with Crippen molar-refractivity contribution in [3.8, 4) is 0 Å². The van der Waals surface area contributed by atoms with E-state index in [-0.39, 0.29) is 30.4 Å². The summed E-state index contributed by atoms with van der Waals surface area (Å²) in [5.74, 6) is -0.0751. The molecule has 1 saturated carbocycles. The molecule has 1 heterocycles. The third kappa shape index (κ3) is 7.11. The number of carbonyl (C=O) groups excluding carboxylic acids is 1. The van der Waals surface area contributed by atoms with Crippen molar-refractivity contribution in [1.29, 1.82) is 0 Å². The van der Waals surface area contributed by atoms with E-state index in [2.05, 4.69) is 29.4 Å². The van der Waals surface area contributed by atoms with Gasteiger partial charge >= 0.3 is 6.18 Å². The topological polar surface area (TPSA) is 44.4 Å². The van der Waals surface area contributed by atoms with Gasteiger partial charge in [0.25, 0.3) is 5.91 Å². The van der Waals surface area contributed by atoms with Crippen LogP contribution in [0.1, 0.15) is 60.5 Å². The number of halogens is 5. The average molecular weight is 518 g/mol. The smallest absolute Gasteiger partial charge is 0.322 e. The molecule has 0 aromatic heterocycles. The number of amides is 1. The highest BCUT2D eigenvalue weighted by molar-refractivity contribution is 6.04. The first-order valence-corrected chi connectivity index (χ1v) is 11.3. The molecule has 1 aliphatic heterocycles. The van der Waals surface area contributed by atoms with Gasteiger partial charge in [-0.1, -0.05) is 18.2 Å². The van der Waals surface area contributed by atoms with Crippen molar-refractivity contribution in [3.63, 3.8) is 0 Å². The number of rotatable bonds is 6. The van der Waals surface area contributed by atoms with Crippen LogP contribution >= 0.6 is 24.8 Å². The molecule has 4 rings (SSSR count). The second kappa shape index (κ2) is 11.8. The molecule has 188 valence electrons. The molecular weight excluding hydrogens is 486 g/mol. The minimum Gasteiger partial charge on any atom is -0.322 e. The van der Waals surface area contributed by atoms with Crippen molar-refractivity contribution < 1.29 is 18.0 Å². The minimum absolute atomic E-state index is 0. The average Bonchev–Trinajstić information content (AvgIpc) is 3.53. The quantitative estimate of drug-likeness (QED) is 0.485. The molecule has 1 saturated heterocycles. The monoisotopic (exact) mass is 517 g/mol. The van der Waals surface area contributed by atoms with E-state index < -0.39 is 17.6 Å². The van der Waals surface area contributed by atoms with Crippen molar-refractivity contribution in [1.82, 2.24) is 10.2 Å². The Morgan fingerprint density at radius 3 is 2.26 bits per heavy atom. The van der Waals surface area contributed by atoms with Crippen LogP contribution in [0.5, 0.6) is 0 Å². The Balaban J connectivity index is 0.00000204. The fourth-order valence-corrected chi connectivity index (χ4v) is 4.49.